The fraction of sp³-hybridized carbons (Fsp3) is 0.750. The van der Waals surface area contributed by atoms with Crippen LogP contribution in [0.3, 0.4) is 0 Å². The Hall–Kier alpha value is -0.910. The summed E-state index contributed by atoms with van der Waals surface area (Å²) < 4.78 is 5.37. The standard InChI is InChI=1S/C8H20N2O.C4H6O2/c1-9(2)5-7-11-8-6-10(3)4;1-3(2)4(5)6/h5-8H2,1-4H3;1H2,2H3,(H,5,6). The molecule has 5 nitrogen and oxygen atoms in total. The summed E-state index contributed by atoms with van der Waals surface area (Å²) in [7, 11) is 8.20. The van der Waals surface area contributed by atoms with Crippen LogP contribution in [0.4, 0.5) is 0 Å². The fourth-order valence-electron chi connectivity index (χ4n) is 0.596. The summed E-state index contributed by atoms with van der Waals surface area (Å²) in [6.45, 7) is 8.28. The lowest BCUT2D eigenvalue weighted by atomic mass is 10.4. The van der Waals surface area contributed by atoms with Crippen LogP contribution < -0.4 is 0 Å². The van der Waals surface area contributed by atoms with Crippen LogP contribution in [0.25, 0.3) is 0 Å². The van der Waals surface area contributed by atoms with Crippen molar-refractivity contribution in [3.8, 4) is 0 Å². The van der Waals surface area contributed by atoms with Gasteiger partial charge in [0.25, 0.3) is 0 Å². The number of rotatable bonds is 7. The number of carboxylic acids is 1. The SMILES string of the molecule is C=C(C)C(=O)O.CN(C)CCOCCN(C)C. The van der Waals surface area contributed by atoms with E-state index >= 15 is 0 Å². The van der Waals surface area contributed by atoms with Gasteiger partial charge in [0.05, 0.1) is 13.2 Å². The topological polar surface area (TPSA) is 53.0 Å². The maximum absolute atomic E-state index is 9.60. The quantitative estimate of drug-likeness (QED) is 0.531. The van der Waals surface area contributed by atoms with Gasteiger partial charge in [-0.2, -0.15) is 0 Å². The van der Waals surface area contributed by atoms with Gasteiger partial charge in [0.2, 0.25) is 0 Å². The molecule has 0 atom stereocenters. The monoisotopic (exact) mass is 246 g/mol. The molecule has 102 valence electrons. The lowest BCUT2D eigenvalue weighted by molar-refractivity contribution is -0.132. The summed E-state index contributed by atoms with van der Waals surface area (Å²) in [5.74, 6) is -0.935. The first-order valence-corrected chi connectivity index (χ1v) is 5.53. The predicted octanol–water partition coefficient (Wildman–Crippen LogP) is 0.773. The zero-order valence-electron chi connectivity index (χ0n) is 11.7. The summed E-state index contributed by atoms with van der Waals surface area (Å²) in [5, 5.41) is 7.89. The average Bonchev–Trinajstić information content (AvgIpc) is 2.17. The molecule has 0 amide bonds. The van der Waals surface area contributed by atoms with Crippen molar-refractivity contribution >= 4 is 5.97 Å². The summed E-state index contributed by atoms with van der Waals surface area (Å²) in [6.07, 6.45) is 0. The molecule has 0 rings (SSSR count). The molecule has 0 aromatic carbocycles. The molecule has 5 heteroatoms. The number of carboxylic acid groups (broad SMARTS) is 1. The van der Waals surface area contributed by atoms with Gasteiger partial charge in [-0.1, -0.05) is 6.58 Å². The van der Waals surface area contributed by atoms with Crippen molar-refractivity contribution in [1.29, 1.82) is 0 Å². The van der Waals surface area contributed by atoms with Crippen molar-refractivity contribution in [3.05, 3.63) is 12.2 Å². The highest BCUT2D eigenvalue weighted by Gasteiger charge is 1.92. The highest BCUT2D eigenvalue weighted by atomic mass is 16.5. The molecule has 0 unspecified atom stereocenters. The Balaban J connectivity index is 0. The largest absolute Gasteiger partial charge is 0.478 e. The second kappa shape index (κ2) is 11.6. The van der Waals surface area contributed by atoms with Gasteiger partial charge < -0.3 is 19.6 Å². The van der Waals surface area contributed by atoms with Gasteiger partial charge in [-0.05, 0) is 35.1 Å². The van der Waals surface area contributed by atoms with Crippen molar-refractivity contribution < 1.29 is 14.6 Å². The molecule has 0 aromatic rings. The summed E-state index contributed by atoms with van der Waals surface area (Å²) in [6, 6.07) is 0. The molecule has 0 radical (unpaired) electrons. The lowest BCUT2D eigenvalue weighted by Crippen LogP contribution is -2.22. The molecule has 0 fully saturated rings. The number of hydrogen-bond acceptors (Lipinski definition) is 4. The Morgan fingerprint density at radius 2 is 1.41 bits per heavy atom. The van der Waals surface area contributed by atoms with E-state index in [-0.39, 0.29) is 5.57 Å². The van der Waals surface area contributed by atoms with Crippen LogP contribution in [-0.2, 0) is 9.53 Å². The second-order valence-electron chi connectivity index (χ2n) is 4.30. The van der Waals surface area contributed by atoms with Crippen LogP contribution in [-0.4, -0.2) is 75.4 Å². The number of hydrogen-bond donors (Lipinski definition) is 1. The highest BCUT2D eigenvalue weighted by Crippen LogP contribution is 1.81. The van der Waals surface area contributed by atoms with Crippen LogP contribution in [0.5, 0.6) is 0 Å². The predicted molar refractivity (Wildman–Crippen MR) is 70.4 cm³/mol. The Morgan fingerprint density at radius 1 is 1.12 bits per heavy atom. The number of nitrogens with zero attached hydrogens (tertiary/aromatic N) is 2. The van der Waals surface area contributed by atoms with E-state index in [1.165, 1.54) is 6.92 Å². The second-order valence-corrected chi connectivity index (χ2v) is 4.30. The van der Waals surface area contributed by atoms with E-state index in [1.54, 1.807) is 0 Å². The summed E-state index contributed by atoms with van der Waals surface area (Å²) >= 11 is 0. The van der Waals surface area contributed by atoms with Crippen molar-refractivity contribution in [3.63, 3.8) is 0 Å². The van der Waals surface area contributed by atoms with Crippen LogP contribution in [0.2, 0.25) is 0 Å². The minimum Gasteiger partial charge on any atom is -0.478 e. The zero-order chi connectivity index (χ0) is 13.8. The number of ether oxygens (including phenoxy) is 1. The minimum absolute atomic E-state index is 0.176. The molecule has 0 aliphatic rings. The average molecular weight is 246 g/mol. The van der Waals surface area contributed by atoms with E-state index in [1.807, 2.05) is 0 Å². The van der Waals surface area contributed by atoms with Gasteiger partial charge >= 0.3 is 5.97 Å². The Kier molecular flexibility index (Phi) is 12.6. The van der Waals surface area contributed by atoms with Gasteiger partial charge in [-0.15, -0.1) is 0 Å². The van der Waals surface area contributed by atoms with Crippen molar-refractivity contribution in [2.24, 2.45) is 0 Å². The molecular formula is C12H26N2O3. The Labute approximate surface area is 105 Å². The Bertz CT molecular complexity index is 194. The summed E-state index contributed by atoms with van der Waals surface area (Å²) in [4.78, 5) is 13.8. The normalized spacial score (nSPS) is 10.1. The van der Waals surface area contributed by atoms with Crippen LogP contribution >= 0.6 is 0 Å². The van der Waals surface area contributed by atoms with Gasteiger partial charge in [0.15, 0.2) is 0 Å². The first-order chi connectivity index (χ1) is 7.77. The maximum atomic E-state index is 9.60. The van der Waals surface area contributed by atoms with E-state index in [9.17, 15) is 4.79 Å². The molecular weight excluding hydrogens is 220 g/mol. The minimum atomic E-state index is -0.935. The molecule has 0 aromatic heterocycles. The van der Waals surface area contributed by atoms with Crippen molar-refractivity contribution in [2.75, 3.05) is 54.5 Å². The number of carbonyl (C=O) groups is 1. The lowest BCUT2D eigenvalue weighted by Gasteiger charge is -2.12. The van der Waals surface area contributed by atoms with Crippen molar-refractivity contribution in [1.82, 2.24) is 9.80 Å². The number of likely N-dealkylation sites (N-methyl/N-ethyl adjacent to an activating group) is 2. The molecule has 0 aliphatic heterocycles. The van der Waals surface area contributed by atoms with E-state index in [0.717, 1.165) is 26.3 Å². The number of aliphatic carboxylic acids is 1. The first-order valence-electron chi connectivity index (χ1n) is 5.53. The molecule has 1 N–H and O–H groups in total. The molecule has 0 aliphatic carbocycles. The third-order valence-electron chi connectivity index (χ3n) is 1.73. The maximum Gasteiger partial charge on any atom is 0.330 e. The molecule has 0 saturated heterocycles. The molecule has 0 saturated carbocycles. The van der Waals surface area contributed by atoms with E-state index in [4.69, 9.17) is 9.84 Å². The smallest absolute Gasteiger partial charge is 0.330 e. The molecule has 0 spiro atoms. The van der Waals surface area contributed by atoms with Gasteiger partial charge in [-0.3, -0.25) is 0 Å². The van der Waals surface area contributed by atoms with Crippen molar-refractivity contribution in [2.45, 2.75) is 6.92 Å². The third kappa shape index (κ3) is 21.0. The fourth-order valence-corrected chi connectivity index (χ4v) is 0.596. The first kappa shape index (κ1) is 18.5. The molecule has 0 bridgehead atoms. The van der Waals surface area contributed by atoms with Crippen LogP contribution in [0.1, 0.15) is 6.92 Å². The third-order valence-corrected chi connectivity index (χ3v) is 1.73. The molecule has 0 heterocycles. The molecule has 17 heavy (non-hydrogen) atoms. The highest BCUT2D eigenvalue weighted by molar-refractivity contribution is 5.84. The van der Waals surface area contributed by atoms with E-state index in [0.29, 0.717) is 0 Å². The van der Waals surface area contributed by atoms with Crippen LogP contribution in [0, 0.1) is 0 Å². The van der Waals surface area contributed by atoms with E-state index in [2.05, 4.69) is 44.6 Å². The van der Waals surface area contributed by atoms with Crippen LogP contribution in [0.15, 0.2) is 12.2 Å². The van der Waals surface area contributed by atoms with Gasteiger partial charge in [-0.25, -0.2) is 4.79 Å². The zero-order valence-corrected chi connectivity index (χ0v) is 11.7. The summed E-state index contributed by atoms with van der Waals surface area (Å²) in [5.41, 5.74) is 0.176. The van der Waals surface area contributed by atoms with Gasteiger partial charge in [0, 0.05) is 18.7 Å². The Morgan fingerprint density at radius 3 is 1.59 bits per heavy atom. The van der Waals surface area contributed by atoms with E-state index < -0.39 is 5.97 Å². The van der Waals surface area contributed by atoms with Gasteiger partial charge in [0.1, 0.15) is 0 Å².